The SMILES string of the molecule is CCC(=O)NCc1nc2ccccc2n1Cc1ccc(C(C)(C)C)cc1. The molecule has 4 nitrogen and oxygen atoms in total. The van der Waals surface area contributed by atoms with Gasteiger partial charge in [-0.3, -0.25) is 4.79 Å². The van der Waals surface area contributed by atoms with Crippen molar-refractivity contribution in [1.82, 2.24) is 14.9 Å². The van der Waals surface area contributed by atoms with Crippen molar-refractivity contribution in [2.45, 2.75) is 52.6 Å². The third-order valence-corrected chi connectivity index (χ3v) is 4.66. The Labute approximate surface area is 155 Å². The van der Waals surface area contributed by atoms with Crippen LogP contribution < -0.4 is 5.32 Å². The molecule has 0 unspecified atom stereocenters. The number of hydrogen-bond donors (Lipinski definition) is 1. The standard InChI is InChI=1S/C22H27N3O/c1-5-21(26)23-14-20-24-18-8-6-7-9-19(18)25(20)15-16-10-12-17(13-11-16)22(2,3)4/h6-13H,5,14-15H2,1-4H3,(H,23,26). The lowest BCUT2D eigenvalue weighted by Crippen LogP contribution is -2.23. The smallest absolute Gasteiger partial charge is 0.220 e. The van der Waals surface area contributed by atoms with E-state index in [1.54, 1.807) is 0 Å². The highest BCUT2D eigenvalue weighted by molar-refractivity contribution is 5.77. The Balaban J connectivity index is 1.91. The van der Waals surface area contributed by atoms with E-state index in [-0.39, 0.29) is 11.3 Å². The molecule has 0 bridgehead atoms. The number of imidazole rings is 1. The van der Waals surface area contributed by atoms with Crippen LogP contribution in [0.2, 0.25) is 0 Å². The van der Waals surface area contributed by atoms with Gasteiger partial charge in [0.25, 0.3) is 0 Å². The molecule has 136 valence electrons. The molecule has 0 fully saturated rings. The maximum Gasteiger partial charge on any atom is 0.220 e. The average Bonchev–Trinajstić information content (AvgIpc) is 2.97. The van der Waals surface area contributed by atoms with Crippen LogP contribution in [0.3, 0.4) is 0 Å². The molecular weight excluding hydrogens is 322 g/mol. The fraction of sp³-hybridized carbons (Fsp3) is 0.364. The molecule has 1 aromatic heterocycles. The Kier molecular flexibility index (Phi) is 5.12. The molecule has 4 heteroatoms. The van der Waals surface area contributed by atoms with E-state index in [0.29, 0.717) is 13.0 Å². The highest BCUT2D eigenvalue weighted by atomic mass is 16.1. The summed E-state index contributed by atoms with van der Waals surface area (Å²) in [6.07, 6.45) is 0.481. The van der Waals surface area contributed by atoms with E-state index in [1.807, 2.05) is 25.1 Å². The molecule has 0 aliphatic carbocycles. The summed E-state index contributed by atoms with van der Waals surface area (Å²) in [6, 6.07) is 16.9. The van der Waals surface area contributed by atoms with Crippen LogP contribution in [0.1, 0.15) is 51.1 Å². The van der Waals surface area contributed by atoms with Gasteiger partial charge in [0.05, 0.1) is 17.6 Å². The maximum atomic E-state index is 11.7. The van der Waals surface area contributed by atoms with Crippen molar-refractivity contribution in [1.29, 1.82) is 0 Å². The summed E-state index contributed by atoms with van der Waals surface area (Å²) in [5.74, 6) is 0.922. The molecule has 0 radical (unpaired) electrons. The van der Waals surface area contributed by atoms with Crippen molar-refractivity contribution in [3.63, 3.8) is 0 Å². The number of para-hydroxylation sites is 2. The first-order valence-corrected chi connectivity index (χ1v) is 9.18. The Morgan fingerprint density at radius 2 is 1.77 bits per heavy atom. The van der Waals surface area contributed by atoms with Gasteiger partial charge in [0.1, 0.15) is 5.82 Å². The molecule has 26 heavy (non-hydrogen) atoms. The van der Waals surface area contributed by atoms with Crippen LogP contribution in [-0.2, 0) is 23.3 Å². The lowest BCUT2D eigenvalue weighted by Gasteiger charge is -2.19. The number of rotatable bonds is 5. The summed E-state index contributed by atoms with van der Waals surface area (Å²) in [5, 5.41) is 2.94. The molecule has 3 rings (SSSR count). The topological polar surface area (TPSA) is 46.9 Å². The highest BCUT2D eigenvalue weighted by Gasteiger charge is 2.14. The first-order chi connectivity index (χ1) is 12.4. The number of carbonyl (C=O) groups excluding carboxylic acids is 1. The fourth-order valence-electron chi connectivity index (χ4n) is 3.03. The number of carbonyl (C=O) groups is 1. The normalized spacial score (nSPS) is 11.7. The van der Waals surface area contributed by atoms with E-state index in [0.717, 1.165) is 23.4 Å². The minimum Gasteiger partial charge on any atom is -0.349 e. The first kappa shape index (κ1) is 18.2. The number of benzene rings is 2. The third-order valence-electron chi connectivity index (χ3n) is 4.66. The van der Waals surface area contributed by atoms with E-state index in [1.165, 1.54) is 11.1 Å². The van der Waals surface area contributed by atoms with E-state index >= 15 is 0 Å². The van der Waals surface area contributed by atoms with Crippen molar-refractivity contribution in [2.75, 3.05) is 0 Å². The summed E-state index contributed by atoms with van der Waals surface area (Å²) in [5.41, 5.74) is 4.75. The number of nitrogens with one attached hydrogen (secondary N) is 1. The molecule has 1 amide bonds. The van der Waals surface area contributed by atoms with Gasteiger partial charge >= 0.3 is 0 Å². The molecule has 0 spiro atoms. The minimum atomic E-state index is 0.0399. The van der Waals surface area contributed by atoms with Crippen LogP contribution in [-0.4, -0.2) is 15.5 Å². The zero-order chi connectivity index (χ0) is 18.7. The predicted molar refractivity (Wildman–Crippen MR) is 106 cm³/mol. The van der Waals surface area contributed by atoms with E-state index in [4.69, 9.17) is 4.98 Å². The second kappa shape index (κ2) is 7.32. The summed E-state index contributed by atoms with van der Waals surface area (Å²) < 4.78 is 2.19. The monoisotopic (exact) mass is 349 g/mol. The molecule has 0 aliphatic heterocycles. The van der Waals surface area contributed by atoms with Crippen molar-refractivity contribution in [3.05, 3.63) is 65.5 Å². The minimum absolute atomic E-state index is 0.0399. The van der Waals surface area contributed by atoms with E-state index in [9.17, 15) is 4.79 Å². The third kappa shape index (κ3) is 3.96. The van der Waals surface area contributed by atoms with Gasteiger partial charge in [-0.05, 0) is 28.7 Å². The van der Waals surface area contributed by atoms with Gasteiger partial charge in [-0.15, -0.1) is 0 Å². The highest BCUT2D eigenvalue weighted by Crippen LogP contribution is 2.23. The Morgan fingerprint density at radius 3 is 2.42 bits per heavy atom. The van der Waals surface area contributed by atoms with Gasteiger partial charge < -0.3 is 9.88 Å². The largest absolute Gasteiger partial charge is 0.349 e. The number of fused-ring (bicyclic) bond motifs is 1. The molecule has 1 N–H and O–H groups in total. The predicted octanol–water partition coefficient (Wildman–Crippen LogP) is 4.41. The zero-order valence-electron chi connectivity index (χ0n) is 16.0. The summed E-state index contributed by atoms with van der Waals surface area (Å²) in [7, 11) is 0. The van der Waals surface area contributed by atoms with Gasteiger partial charge in [0, 0.05) is 13.0 Å². The second-order valence-corrected chi connectivity index (χ2v) is 7.68. The van der Waals surface area contributed by atoms with Crippen molar-refractivity contribution >= 4 is 16.9 Å². The molecule has 0 atom stereocenters. The lowest BCUT2D eigenvalue weighted by atomic mass is 9.87. The second-order valence-electron chi connectivity index (χ2n) is 7.68. The first-order valence-electron chi connectivity index (χ1n) is 9.18. The van der Waals surface area contributed by atoms with Crippen LogP contribution in [0.5, 0.6) is 0 Å². The quantitative estimate of drug-likeness (QED) is 0.742. The number of amides is 1. The summed E-state index contributed by atoms with van der Waals surface area (Å²) in [6.45, 7) is 9.71. The molecule has 3 aromatic rings. The number of nitrogens with zero attached hydrogens (tertiary/aromatic N) is 2. The summed E-state index contributed by atoms with van der Waals surface area (Å²) in [4.78, 5) is 16.4. The van der Waals surface area contributed by atoms with Gasteiger partial charge in [-0.1, -0.05) is 64.1 Å². The molecule has 1 heterocycles. The molecule has 0 saturated heterocycles. The van der Waals surface area contributed by atoms with Crippen molar-refractivity contribution in [2.24, 2.45) is 0 Å². The van der Waals surface area contributed by atoms with Gasteiger partial charge in [-0.25, -0.2) is 4.98 Å². The summed E-state index contributed by atoms with van der Waals surface area (Å²) >= 11 is 0. The molecular formula is C22H27N3O. The number of aromatic nitrogens is 2. The maximum absolute atomic E-state index is 11.7. The Hall–Kier alpha value is -2.62. The lowest BCUT2D eigenvalue weighted by molar-refractivity contribution is -0.120. The Morgan fingerprint density at radius 1 is 1.08 bits per heavy atom. The number of hydrogen-bond acceptors (Lipinski definition) is 2. The fourth-order valence-corrected chi connectivity index (χ4v) is 3.03. The van der Waals surface area contributed by atoms with E-state index in [2.05, 4.69) is 61.0 Å². The van der Waals surface area contributed by atoms with Crippen molar-refractivity contribution < 1.29 is 4.79 Å². The van der Waals surface area contributed by atoms with Crippen LogP contribution in [0.25, 0.3) is 11.0 Å². The van der Waals surface area contributed by atoms with Gasteiger partial charge in [0.2, 0.25) is 5.91 Å². The molecule has 2 aromatic carbocycles. The molecule has 0 saturated carbocycles. The van der Waals surface area contributed by atoms with Crippen LogP contribution in [0, 0.1) is 0 Å². The molecule has 0 aliphatic rings. The van der Waals surface area contributed by atoms with Gasteiger partial charge in [0.15, 0.2) is 0 Å². The van der Waals surface area contributed by atoms with Crippen LogP contribution in [0.15, 0.2) is 48.5 Å². The van der Waals surface area contributed by atoms with E-state index < -0.39 is 0 Å². The zero-order valence-corrected chi connectivity index (χ0v) is 16.0. The van der Waals surface area contributed by atoms with Crippen molar-refractivity contribution in [3.8, 4) is 0 Å². The van der Waals surface area contributed by atoms with Crippen LogP contribution in [0.4, 0.5) is 0 Å². The average molecular weight is 349 g/mol. The Bertz CT molecular complexity index is 901. The van der Waals surface area contributed by atoms with Gasteiger partial charge in [-0.2, -0.15) is 0 Å². The van der Waals surface area contributed by atoms with Crippen LogP contribution >= 0.6 is 0 Å².